The molecule has 0 spiro atoms. The first-order valence-electron chi connectivity index (χ1n) is 5.66. The first kappa shape index (κ1) is 13.3. The summed E-state index contributed by atoms with van der Waals surface area (Å²) in [7, 11) is 0. The molecule has 0 aliphatic rings. The number of aryl methyl sites for hydroxylation is 1. The fourth-order valence-corrected chi connectivity index (χ4v) is 1.74. The molecule has 2 aromatic heterocycles. The molecule has 0 bridgehead atoms. The number of nitrogens with one attached hydrogen (secondary N) is 1. The van der Waals surface area contributed by atoms with Crippen molar-refractivity contribution < 1.29 is 4.92 Å². The van der Waals surface area contributed by atoms with Crippen molar-refractivity contribution in [2.24, 2.45) is 0 Å². The Balaban J connectivity index is 1.90. The van der Waals surface area contributed by atoms with Gasteiger partial charge in [0.25, 0.3) is 0 Å². The van der Waals surface area contributed by atoms with E-state index in [1.807, 2.05) is 10.8 Å². The number of nitrogens with zero attached hydrogens (tertiary/aromatic N) is 4. The van der Waals surface area contributed by atoms with Crippen LogP contribution in [0.4, 0.5) is 11.5 Å². The standard InChI is InChI=1S/C11H12ClN5O2/c12-9-6-10(17(18)19)11(15-7-9)14-2-1-4-16-5-3-13-8-16/h3,5-8H,1-2,4H2,(H,14,15). The lowest BCUT2D eigenvalue weighted by Gasteiger charge is -2.06. The molecular formula is C11H12ClN5O2. The molecule has 0 aromatic carbocycles. The van der Waals surface area contributed by atoms with Gasteiger partial charge in [-0.2, -0.15) is 0 Å². The molecule has 0 saturated heterocycles. The monoisotopic (exact) mass is 281 g/mol. The number of rotatable bonds is 6. The molecule has 2 heterocycles. The quantitative estimate of drug-likeness (QED) is 0.499. The highest BCUT2D eigenvalue weighted by Crippen LogP contribution is 2.24. The zero-order valence-corrected chi connectivity index (χ0v) is 10.7. The Morgan fingerprint density at radius 3 is 3.05 bits per heavy atom. The molecule has 0 aliphatic heterocycles. The van der Waals surface area contributed by atoms with Crippen LogP contribution in [0.3, 0.4) is 0 Å². The van der Waals surface area contributed by atoms with Gasteiger partial charge in [-0.25, -0.2) is 9.97 Å². The van der Waals surface area contributed by atoms with Crippen molar-refractivity contribution in [3.8, 4) is 0 Å². The fraction of sp³-hybridized carbons (Fsp3) is 0.273. The Kier molecular flexibility index (Phi) is 4.30. The molecule has 0 saturated carbocycles. The number of imidazole rings is 1. The molecule has 2 rings (SSSR count). The van der Waals surface area contributed by atoms with Gasteiger partial charge in [-0.15, -0.1) is 0 Å². The first-order valence-corrected chi connectivity index (χ1v) is 6.04. The molecular weight excluding hydrogens is 270 g/mol. The molecule has 8 heteroatoms. The highest BCUT2D eigenvalue weighted by atomic mass is 35.5. The topological polar surface area (TPSA) is 85.9 Å². The van der Waals surface area contributed by atoms with Crippen LogP contribution in [0.2, 0.25) is 5.02 Å². The number of anilines is 1. The summed E-state index contributed by atoms with van der Waals surface area (Å²) >= 11 is 5.68. The SMILES string of the molecule is O=[N+]([O-])c1cc(Cl)cnc1NCCCn1ccnc1. The van der Waals surface area contributed by atoms with Crippen molar-refractivity contribution in [2.45, 2.75) is 13.0 Å². The summed E-state index contributed by atoms with van der Waals surface area (Å²) in [4.78, 5) is 18.2. The summed E-state index contributed by atoms with van der Waals surface area (Å²) in [5.41, 5.74) is -0.116. The first-order chi connectivity index (χ1) is 9.16. The van der Waals surface area contributed by atoms with Gasteiger partial charge >= 0.3 is 5.69 Å². The molecule has 0 radical (unpaired) electrons. The Morgan fingerprint density at radius 2 is 2.37 bits per heavy atom. The number of halogens is 1. The van der Waals surface area contributed by atoms with Gasteiger partial charge in [-0.1, -0.05) is 11.6 Å². The molecule has 0 aliphatic carbocycles. The van der Waals surface area contributed by atoms with Crippen LogP contribution in [0.1, 0.15) is 6.42 Å². The third kappa shape index (κ3) is 3.65. The molecule has 0 amide bonds. The molecule has 0 atom stereocenters. The summed E-state index contributed by atoms with van der Waals surface area (Å²) in [6, 6.07) is 1.28. The Labute approximate surface area is 114 Å². The lowest BCUT2D eigenvalue weighted by atomic mass is 10.3. The van der Waals surface area contributed by atoms with E-state index in [0.29, 0.717) is 6.54 Å². The van der Waals surface area contributed by atoms with E-state index >= 15 is 0 Å². The van der Waals surface area contributed by atoms with Crippen molar-refractivity contribution >= 4 is 23.1 Å². The number of nitro groups is 1. The molecule has 19 heavy (non-hydrogen) atoms. The lowest BCUT2D eigenvalue weighted by Crippen LogP contribution is -2.08. The maximum Gasteiger partial charge on any atom is 0.312 e. The summed E-state index contributed by atoms with van der Waals surface area (Å²) < 4.78 is 1.94. The van der Waals surface area contributed by atoms with Crippen molar-refractivity contribution in [3.05, 3.63) is 46.1 Å². The predicted octanol–water partition coefficient (Wildman–Crippen LogP) is 2.34. The van der Waals surface area contributed by atoms with Gasteiger partial charge in [0.15, 0.2) is 0 Å². The van der Waals surface area contributed by atoms with E-state index in [1.54, 1.807) is 12.5 Å². The van der Waals surface area contributed by atoms with Crippen LogP contribution in [0.15, 0.2) is 31.0 Å². The Morgan fingerprint density at radius 1 is 1.53 bits per heavy atom. The zero-order chi connectivity index (χ0) is 13.7. The van der Waals surface area contributed by atoms with E-state index in [1.165, 1.54) is 12.3 Å². The highest BCUT2D eigenvalue weighted by Gasteiger charge is 2.15. The van der Waals surface area contributed by atoms with Gasteiger partial charge in [0, 0.05) is 37.7 Å². The maximum absolute atomic E-state index is 10.8. The summed E-state index contributed by atoms with van der Waals surface area (Å²) in [6.45, 7) is 1.36. The average molecular weight is 282 g/mol. The van der Waals surface area contributed by atoms with Crippen molar-refractivity contribution in [3.63, 3.8) is 0 Å². The zero-order valence-electron chi connectivity index (χ0n) is 9.99. The van der Waals surface area contributed by atoms with Crippen LogP contribution >= 0.6 is 11.6 Å². The van der Waals surface area contributed by atoms with Crippen LogP contribution in [0, 0.1) is 10.1 Å². The molecule has 7 nitrogen and oxygen atoms in total. The maximum atomic E-state index is 10.8. The van der Waals surface area contributed by atoms with Gasteiger partial charge < -0.3 is 9.88 Å². The minimum Gasteiger partial charge on any atom is -0.364 e. The Bertz CT molecular complexity index is 558. The van der Waals surface area contributed by atoms with Crippen LogP contribution < -0.4 is 5.32 Å². The van der Waals surface area contributed by atoms with Crippen molar-refractivity contribution in [2.75, 3.05) is 11.9 Å². The van der Waals surface area contributed by atoms with E-state index in [4.69, 9.17) is 11.6 Å². The van der Waals surface area contributed by atoms with E-state index in [0.717, 1.165) is 13.0 Å². The third-order valence-electron chi connectivity index (χ3n) is 2.48. The smallest absolute Gasteiger partial charge is 0.312 e. The highest BCUT2D eigenvalue weighted by molar-refractivity contribution is 6.30. The van der Waals surface area contributed by atoms with Crippen LogP contribution in [0.25, 0.3) is 0 Å². The molecule has 2 aromatic rings. The van der Waals surface area contributed by atoms with Crippen LogP contribution in [-0.4, -0.2) is 26.0 Å². The number of hydrogen-bond donors (Lipinski definition) is 1. The molecule has 100 valence electrons. The molecule has 0 fully saturated rings. The van der Waals surface area contributed by atoms with E-state index in [9.17, 15) is 10.1 Å². The minimum absolute atomic E-state index is 0.116. The van der Waals surface area contributed by atoms with Gasteiger partial charge in [0.2, 0.25) is 5.82 Å². The minimum atomic E-state index is -0.503. The van der Waals surface area contributed by atoms with E-state index < -0.39 is 4.92 Å². The predicted molar refractivity (Wildman–Crippen MR) is 71.2 cm³/mol. The number of hydrogen-bond acceptors (Lipinski definition) is 5. The van der Waals surface area contributed by atoms with Gasteiger partial charge in [-0.3, -0.25) is 10.1 Å². The van der Waals surface area contributed by atoms with Crippen molar-refractivity contribution in [1.82, 2.24) is 14.5 Å². The van der Waals surface area contributed by atoms with Crippen LogP contribution in [0.5, 0.6) is 0 Å². The largest absolute Gasteiger partial charge is 0.364 e. The molecule has 0 unspecified atom stereocenters. The average Bonchev–Trinajstić information content (AvgIpc) is 2.89. The fourth-order valence-electron chi connectivity index (χ4n) is 1.59. The summed E-state index contributed by atoms with van der Waals surface area (Å²) in [5.74, 6) is 0.236. The second-order valence-corrected chi connectivity index (χ2v) is 4.30. The normalized spacial score (nSPS) is 10.4. The summed E-state index contributed by atoms with van der Waals surface area (Å²) in [5, 5.41) is 14.0. The number of pyridine rings is 1. The Hall–Kier alpha value is -2.15. The second kappa shape index (κ2) is 6.14. The van der Waals surface area contributed by atoms with E-state index in [2.05, 4.69) is 15.3 Å². The van der Waals surface area contributed by atoms with Crippen molar-refractivity contribution in [1.29, 1.82) is 0 Å². The number of aromatic nitrogens is 3. The van der Waals surface area contributed by atoms with E-state index in [-0.39, 0.29) is 16.5 Å². The van der Waals surface area contributed by atoms with Gasteiger partial charge in [0.05, 0.1) is 16.3 Å². The lowest BCUT2D eigenvalue weighted by molar-refractivity contribution is -0.384. The van der Waals surface area contributed by atoms with Crippen LogP contribution in [-0.2, 0) is 6.54 Å². The van der Waals surface area contributed by atoms with Gasteiger partial charge in [-0.05, 0) is 6.42 Å². The molecule has 1 N–H and O–H groups in total. The third-order valence-corrected chi connectivity index (χ3v) is 2.68. The summed E-state index contributed by atoms with van der Waals surface area (Å²) in [6.07, 6.45) is 7.48. The van der Waals surface area contributed by atoms with Gasteiger partial charge in [0.1, 0.15) is 0 Å². The second-order valence-electron chi connectivity index (χ2n) is 3.86.